The van der Waals surface area contributed by atoms with Crippen LogP contribution in [0.1, 0.15) is 67.3 Å². The predicted octanol–water partition coefficient (Wildman–Crippen LogP) is 4.14. The highest BCUT2D eigenvalue weighted by atomic mass is 35.5. The Morgan fingerprint density at radius 2 is 1.76 bits per heavy atom. The number of fused-ring (bicyclic) bond motifs is 1. The molecule has 3 aromatic rings. The second-order valence-corrected chi connectivity index (χ2v) is 11.0. The molecule has 2 heterocycles. The minimum atomic E-state index is -4.15. The number of halogens is 1. The van der Waals surface area contributed by atoms with Crippen molar-refractivity contribution in [2.45, 2.75) is 62.0 Å². The quantitative estimate of drug-likeness (QED) is 0.514. The number of aromatic nitrogens is 1. The minimum absolute atomic E-state index is 0.0777. The molecular weight excluding hydrogens is 482 g/mol. The van der Waals surface area contributed by atoms with E-state index >= 15 is 0 Å². The van der Waals surface area contributed by atoms with Crippen molar-refractivity contribution in [1.82, 2.24) is 15.0 Å². The summed E-state index contributed by atoms with van der Waals surface area (Å²) in [4.78, 5) is 29.2. The maximum absolute atomic E-state index is 12.6. The summed E-state index contributed by atoms with van der Waals surface area (Å²) >= 11 is 6.02. The molecule has 0 saturated heterocycles. The van der Waals surface area contributed by atoms with Crippen LogP contribution in [0.3, 0.4) is 0 Å². The van der Waals surface area contributed by atoms with Crippen molar-refractivity contribution in [3.05, 3.63) is 47.0 Å². The molecular formula is C23H24ClN3O6S. The lowest BCUT2D eigenvalue weighted by Crippen LogP contribution is -2.38. The van der Waals surface area contributed by atoms with Gasteiger partial charge >= 0.3 is 0 Å². The highest BCUT2D eigenvalue weighted by Crippen LogP contribution is 2.34. The van der Waals surface area contributed by atoms with Crippen LogP contribution in [0.2, 0.25) is 5.02 Å². The summed E-state index contributed by atoms with van der Waals surface area (Å²) in [5.41, 5.74) is 1.42. The molecule has 0 unspecified atom stereocenters. The molecule has 34 heavy (non-hydrogen) atoms. The van der Waals surface area contributed by atoms with E-state index in [0.717, 1.165) is 37.6 Å². The van der Waals surface area contributed by atoms with Gasteiger partial charge in [0, 0.05) is 22.9 Å². The average Bonchev–Trinajstić information content (AvgIpc) is 3.40. The molecule has 5 rings (SSSR count). The lowest BCUT2D eigenvalue weighted by atomic mass is 9.85. The number of nitrogens with one attached hydrogen (secondary N) is 2. The third-order valence-electron chi connectivity index (χ3n) is 6.56. The average molecular weight is 506 g/mol. The van der Waals surface area contributed by atoms with Crippen molar-refractivity contribution in [3.63, 3.8) is 0 Å². The van der Waals surface area contributed by atoms with E-state index in [1.54, 1.807) is 18.2 Å². The lowest BCUT2D eigenvalue weighted by molar-refractivity contribution is -0.125. The molecule has 2 amide bonds. The Morgan fingerprint density at radius 1 is 1.00 bits per heavy atom. The van der Waals surface area contributed by atoms with Gasteiger partial charge in [-0.05, 0) is 68.9 Å². The van der Waals surface area contributed by atoms with Gasteiger partial charge < -0.3 is 14.2 Å². The van der Waals surface area contributed by atoms with Gasteiger partial charge in [-0.3, -0.25) is 9.59 Å². The van der Waals surface area contributed by atoms with E-state index in [4.69, 9.17) is 20.4 Å². The van der Waals surface area contributed by atoms with Crippen LogP contribution in [-0.4, -0.2) is 31.3 Å². The first-order chi connectivity index (χ1) is 16.3. The third kappa shape index (κ3) is 4.69. The van der Waals surface area contributed by atoms with Gasteiger partial charge in [0.15, 0.2) is 17.2 Å². The van der Waals surface area contributed by atoms with E-state index in [1.807, 2.05) is 4.72 Å². The zero-order chi connectivity index (χ0) is 23.9. The fourth-order valence-corrected chi connectivity index (χ4v) is 5.50. The first-order valence-corrected chi connectivity index (χ1v) is 13.2. The topological polar surface area (TPSA) is 132 Å². The molecule has 2 aliphatic rings. The van der Waals surface area contributed by atoms with Crippen LogP contribution < -0.4 is 10.0 Å². The number of oxazole rings is 1. The first kappa shape index (κ1) is 22.9. The summed E-state index contributed by atoms with van der Waals surface area (Å²) in [6.45, 7) is 0. The molecule has 9 nitrogen and oxygen atoms in total. The molecule has 11 heteroatoms. The number of sulfonamides is 1. The van der Waals surface area contributed by atoms with Crippen LogP contribution in [0.4, 0.5) is 0 Å². The molecule has 0 atom stereocenters. The third-order valence-corrected chi connectivity index (χ3v) is 8.01. The van der Waals surface area contributed by atoms with Gasteiger partial charge in [-0.2, -0.15) is 8.42 Å². The summed E-state index contributed by atoms with van der Waals surface area (Å²) in [7, 11) is -4.15. The van der Waals surface area contributed by atoms with Gasteiger partial charge in [-0.1, -0.05) is 18.0 Å². The minimum Gasteiger partial charge on any atom is -0.440 e. The number of hydrogen-bond donors (Lipinski definition) is 2. The smallest absolute Gasteiger partial charge is 0.297 e. The first-order valence-electron chi connectivity index (χ1n) is 11.3. The van der Waals surface area contributed by atoms with E-state index in [0.29, 0.717) is 29.3 Å². The van der Waals surface area contributed by atoms with Crippen LogP contribution in [0.15, 0.2) is 44.3 Å². The molecule has 2 saturated carbocycles. The van der Waals surface area contributed by atoms with E-state index in [-0.39, 0.29) is 23.6 Å². The molecule has 0 aliphatic heterocycles. The number of carbonyl (C=O) groups excluding carboxylic acids is 2. The Labute approximate surface area is 201 Å². The maximum atomic E-state index is 12.6. The van der Waals surface area contributed by atoms with Crippen molar-refractivity contribution in [2.24, 2.45) is 5.92 Å². The SMILES string of the molecule is O=C(N[C@H]1CC[C@@H](c2nc3cc(Cl)ccc3o2)CC1)c1ccc(S(=O)(=O)NC(=O)C2CCC2)o1. The fourth-order valence-electron chi connectivity index (χ4n) is 4.36. The van der Waals surface area contributed by atoms with E-state index in [9.17, 15) is 18.0 Å². The summed E-state index contributed by atoms with van der Waals surface area (Å²) in [6.07, 6.45) is 5.28. The number of carbonyl (C=O) groups is 2. The van der Waals surface area contributed by atoms with Gasteiger partial charge in [0.1, 0.15) is 5.52 Å². The molecule has 2 aromatic heterocycles. The molecule has 0 spiro atoms. The number of nitrogens with zero attached hydrogens (tertiary/aromatic N) is 1. The number of hydrogen-bond acceptors (Lipinski definition) is 7. The molecule has 2 aliphatic carbocycles. The zero-order valence-corrected chi connectivity index (χ0v) is 19.8. The van der Waals surface area contributed by atoms with Crippen LogP contribution in [-0.2, 0) is 14.8 Å². The summed E-state index contributed by atoms with van der Waals surface area (Å²) in [5.74, 6) is -0.602. The fraction of sp³-hybridized carbons (Fsp3) is 0.435. The monoisotopic (exact) mass is 505 g/mol. The number of furan rings is 1. The lowest BCUT2D eigenvalue weighted by Gasteiger charge is -2.27. The van der Waals surface area contributed by atoms with Gasteiger partial charge in [-0.25, -0.2) is 9.71 Å². The van der Waals surface area contributed by atoms with Crippen molar-refractivity contribution < 1.29 is 26.8 Å². The highest BCUT2D eigenvalue weighted by molar-refractivity contribution is 7.89. The van der Waals surface area contributed by atoms with Gasteiger partial charge in [0.2, 0.25) is 11.0 Å². The standard InChI is InChI=1S/C23H24ClN3O6S/c24-15-6-9-18-17(12-15)26-23(33-18)14-4-7-16(8-5-14)25-22(29)19-10-11-20(32-19)34(30,31)27-21(28)13-2-1-3-13/h6,9-14,16H,1-5,7-8H2,(H,25,29)(H,27,28)/t14-,16+. The Hall–Kier alpha value is -2.85. The number of rotatable bonds is 6. The highest BCUT2D eigenvalue weighted by Gasteiger charge is 2.31. The van der Waals surface area contributed by atoms with Crippen LogP contribution >= 0.6 is 11.6 Å². The molecule has 0 bridgehead atoms. The second-order valence-electron chi connectivity index (χ2n) is 8.90. The van der Waals surface area contributed by atoms with E-state index < -0.39 is 26.9 Å². The van der Waals surface area contributed by atoms with Crippen LogP contribution in [0.25, 0.3) is 11.1 Å². The number of amides is 2. The Kier molecular flexibility index (Phi) is 6.11. The zero-order valence-electron chi connectivity index (χ0n) is 18.3. The van der Waals surface area contributed by atoms with Crippen LogP contribution in [0.5, 0.6) is 0 Å². The molecule has 2 N–H and O–H groups in total. The van der Waals surface area contributed by atoms with Crippen LogP contribution in [0, 0.1) is 5.92 Å². The molecule has 2 fully saturated rings. The summed E-state index contributed by atoms with van der Waals surface area (Å²) < 4.78 is 37.9. The Bertz CT molecular complexity index is 1340. The number of benzene rings is 1. The van der Waals surface area contributed by atoms with Gasteiger partial charge in [0.25, 0.3) is 15.9 Å². The largest absolute Gasteiger partial charge is 0.440 e. The van der Waals surface area contributed by atoms with Crippen molar-refractivity contribution in [2.75, 3.05) is 0 Å². The van der Waals surface area contributed by atoms with Crippen molar-refractivity contribution in [3.8, 4) is 0 Å². The van der Waals surface area contributed by atoms with Crippen molar-refractivity contribution in [1.29, 1.82) is 0 Å². The molecule has 180 valence electrons. The van der Waals surface area contributed by atoms with Crippen molar-refractivity contribution >= 4 is 44.5 Å². The molecule has 1 aromatic carbocycles. The Balaban J connectivity index is 1.16. The normalized spacial score (nSPS) is 21.2. The molecule has 0 radical (unpaired) electrons. The van der Waals surface area contributed by atoms with Gasteiger partial charge in [-0.15, -0.1) is 0 Å². The van der Waals surface area contributed by atoms with Gasteiger partial charge in [0.05, 0.1) is 0 Å². The van der Waals surface area contributed by atoms with E-state index in [1.165, 1.54) is 12.1 Å². The maximum Gasteiger partial charge on any atom is 0.297 e. The van der Waals surface area contributed by atoms with E-state index in [2.05, 4.69) is 10.3 Å². The summed E-state index contributed by atoms with van der Waals surface area (Å²) in [5, 5.41) is 3.05. The Morgan fingerprint density at radius 3 is 2.47 bits per heavy atom. The second kappa shape index (κ2) is 9.07. The summed E-state index contributed by atoms with van der Waals surface area (Å²) in [6, 6.07) is 7.74. The predicted molar refractivity (Wildman–Crippen MR) is 123 cm³/mol.